The number of aryl methyl sites for hydroxylation is 1. The second-order valence-electron chi connectivity index (χ2n) is 5.90. The van der Waals surface area contributed by atoms with Gasteiger partial charge in [-0.15, -0.1) is 0 Å². The maximum absolute atomic E-state index is 11.0. The molecule has 0 saturated carbocycles. The first-order valence-electron chi connectivity index (χ1n) is 8.53. The molecule has 1 rings (SSSR count). The monoisotopic (exact) mass is 308 g/mol. The molecule has 0 heterocycles. The molecule has 0 spiro atoms. The van der Waals surface area contributed by atoms with Gasteiger partial charge in [-0.1, -0.05) is 76.8 Å². The molecule has 0 aliphatic carbocycles. The lowest BCUT2D eigenvalue weighted by Crippen LogP contribution is -1.91. The van der Waals surface area contributed by atoms with Crippen molar-refractivity contribution in [3.63, 3.8) is 0 Å². The van der Waals surface area contributed by atoms with E-state index in [4.69, 9.17) is 11.6 Å². The van der Waals surface area contributed by atoms with Crippen LogP contribution in [-0.2, 0) is 6.42 Å². The Morgan fingerprint density at radius 1 is 0.810 bits per heavy atom. The molecule has 1 aromatic carbocycles. The second-order valence-corrected chi connectivity index (χ2v) is 6.25. The minimum absolute atomic E-state index is 0.375. The van der Waals surface area contributed by atoms with Gasteiger partial charge in [0.05, 0.1) is 0 Å². The van der Waals surface area contributed by atoms with E-state index in [1.165, 1.54) is 69.8 Å². The largest absolute Gasteiger partial charge is 0.276 e. The summed E-state index contributed by atoms with van der Waals surface area (Å²) in [5, 5.41) is -0.375. The molecule has 0 saturated heterocycles. The minimum atomic E-state index is -0.375. The van der Waals surface area contributed by atoms with E-state index in [0.29, 0.717) is 5.56 Å². The zero-order valence-corrected chi connectivity index (χ0v) is 14.1. The Labute approximate surface area is 135 Å². The third-order valence-electron chi connectivity index (χ3n) is 4.00. The molecule has 0 bridgehead atoms. The van der Waals surface area contributed by atoms with E-state index in [1.54, 1.807) is 0 Å². The number of unbranched alkanes of at least 4 members (excludes halogenated alkanes) is 9. The number of carbonyl (C=O) groups is 1. The normalized spacial score (nSPS) is 10.8. The van der Waals surface area contributed by atoms with Crippen molar-refractivity contribution in [2.24, 2.45) is 0 Å². The van der Waals surface area contributed by atoms with Gasteiger partial charge < -0.3 is 0 Å². The zero-order chi connectivity index (χ0) is 15.3. The quantitative estimate of drug-likeness (QED) is 0.317. The number of hydrogen-bond acceptors (Lipinski definition) is 1. The Morgan fingerprint density at radius 3 is 1.76 bits per heavy atom. The zero-order valence-electron chi connectivity index (χ0n) is 13.4. The van der Waals surface area contributed by atoms with E-state index in [2.05, 4.69) is 6.92 Å². The van der Waals surface area contributed by atoms with Crippen LogP contribution in [0.5, 0.6) is 0 Å². The molecule has 21 heavy (non-hydrogen) atoms. The smallest absolute Gasteiger partial charge is 0.252 e. The molecule has 0 aliphatic rings. The van der Waals surface area contributed by atoms with Crippen molar-refractivity contribution in [3.8, 4) is 0 Å². The van der Waals surface area contributed by atoms with E-state index in [-0.39, 0.29) is 5.24 Å². The predicted octanol–water partition coefficient (Wildman–Crippen LogP) is 6.53. The molecular formula is C19H29ClO. The molecule has 1 aromatic rings. The van der Waals surface area contributed by atoms with Crippen molar-refractivity contribution in [2.75, 3.05) is 0 Å². The highest BCUT2D eigenvalue weighted by Gasteiger charge is 2.01. The summed E-state index contributed by atoms with van der Waals surface area (Å²) in [6, 6.07) is 7.68. The Bertz CT molecular complexity index is 383. The molecule has 0 unspecified atom stereocenters. The number of rotatable bonds is 12. The van der Waals surface area contributed by atoms with E-state index < -0.39 is 0 Å². The van der Waals surface area contributed by atoms with Crippen molar-refractivity contribution in [1.29, 1.82) is 0 Å². The van der Waals surface area contributed by atoms with Gasteiger partial charge in [-0.3, -0.25) is 4.79 Å². The standard InChI is InChI=1S/C19H29ClO/c1-2-3-4-5-6-7-8-9-10-11-12-17-13-15-18(16-14-17)19(20)21/h13-16H,2-12H2,1H3. The van der Waals surface area contributed by atoms with Crippen LogP contribution in [0.25, 0.3) is 0 Å². The topological polar surface area (TPSA) is 17.1 Å². The first kappa shape index (κ1) is 18.2. The summed E-state index contributed by atoms with van der Waals surface area (Å²) in [5.74, 6) is 0. The summed E-state index contributed by atoms with van der Waals surface area (Å²) in [5.41, 5.74) is 1.89. The second kappa shape index (κ2) is 11.8. The Morgan fingerprint density at radius 2 is 1.29 bits per heavy atom. The van der Waals surface area contributed by atoms with Gasteiger partial charge in [-0.05, 0) is 42.1 Å². The summed E-state index contributed by atoms with van der Waals surface area (Å²) in [4.78, 5) is 11.0. The van der Waals surface area contributed by atoms with Crippen LogP contribution < -0.4 is 0 Å². The Balaban J connectivity index is 1.98. The van der Waals surface area contributed by atoms with Gasteiger partial charge in [0.2, 0.25) is 0 Å². The Kier molecular flexibility index (Phi) is 10.2. The molecule has 2 heteroatoms. The molecule has 0 radical (unpaired) electrons. The molecule has 0 atom stereocenters. The average Bonchev–Trinajstić information content (AvgIpc) is 2.49. The highest BCUT2D eigenvalue weighted by molar-refractivity contribution is 6.67. The molecule has 1 nitrogen and oxygen atoms in total. The van der Waals surface area contributed by atoms with Crippen LogP contribution in [-0.4, -0.2) is 5.24 Å². The third kappa shape index (κ3) is 8.93. The van der Waals surface area contributed by atoms with E-state index >= 15 is 0 Å². The summed E-state index contributed by atoms with van der Waals surface area (Å²) in [6.45, 7) is 2.26. The SMILES string of the molecule is CCCCCCCCCCCCc1ccc(C(=O)Cl)cc1. The fourth-order valence-electron chi connectivity index (χ4n) is 2.62. The molecule has 0 amide bonds. The van der Waals surface area contributed by atoms with Crippen LogP contribution in [0.1, 0.15) is 87.1 Å². The van der Waals surface area contributed by atoms with Crippen molar-refractivity contribution >= 4 is 16.8 Å². The predicted molar refractivity (Wildman–Crippen MR) is 92.2 cm³/mol. The molecule has 0 aliphatic heterocycles. The summed E-state index contributed by atoms with van der Waals surface area (Å²) >= 11 is 5.43. The van der Waals surface area contributed by atoms with Crippen molar-refractivity contribution in [2.45, 2.75) is 77.6 Å². The van der Waals surface area contributed by atoms with Gasteiger partial charge in [0.1, 0.15) is 0 Å². The first-order valence-corrected chi connectivity index (χ1v) is 8.90. The van der Waals surface area contributed by atoms with E-state index in [9.17, 15) is 4.79 Å². The van der Waals surface area contributed by atoms with Gasteiger partial charge in [0.25, 0.3) is 5.24 Å². The fraction of sp³-hybridized carbons (Fsp3) is 0.632. The van der Waals surface area contributed by atoms with Crippen LogP contribution in [0.2, 0.25) is 0 Å². The lowest BCUT2D eigenvalue weighted by atomic mass is 10.0. The summed E-state index contributed by atoms with van der Waals surface area (Å²) in [6.07, 6.45) is 14.8. The Hall–Kier alpha value is -0.820. The van der Waals surface area contributed by atoms with Gasteiger partial charge in [-0.25, -0.2) is 0 Å². The van der Waals surface area contributed by atoms with Crippen molar-refractivity contribution in [3.05, 3.63) is 35.4 Å². The van der Waals surface area contributed by atoms with Gasteiger partial charge >= 0.3 is 0 Å². The molecule has 0 N–H and O–H groups in total. The van der Waals surface area contributed by atoms with Gasteiger partial charge in [0.15, 0.2) is 0 Å². The number of carbonyl (C=O) groups excluding carboxylic acids is 1. The van der Waals surface area contributed by atoms with Gasteiger partial charge in [-0.2, -0.15) is 0 Å². The first-order chi connectivity index (χ1) is 10.2. The number of benzene rings is 1. The molecule has 118 valence electrons. The highest BCUT2D eigenvalue weighted by atomic mass is 35.5. The number of hydrogen-bond donors (Lipinski definition) is 0. The molecular weight excluding hydrogens is 280 g/mol. The maximum atomic E-state index is 11.0. The molecule has 0 aromatic heterocycles. The van der Waals surface area contributed by atoms with E-state index in [1.807, 2.05) is 24.3 Å². The highest BCUT2D eigenvalue weighted by Crippen LogP contribution is 2.13. The lowest BCUT2D eigenvalue weighted by Gasteiger charge is -2.03. The van der Waals surface area contributed by atoms with Crippen molar-refractivity contribution in [1.82, 2.24) is 0 Å². The molecule has 0 fully saturated rings. The maximum Gasteiger partial charge on any atom is 0.252 e. The van der Waals surface area contributed by atoms with Gasteiger partial charge in [0, 0.05) is 5.56 Å². The summed E-state index contributed by atoms with van der Waals surface area (Å²) < 4.78 is 0. The van der Waals surface area contributed by atoms with Crippen LogP contribution in [0, 0.1) is 0 Å². The lowest BCUT2D eigenvalue weighted by molar-refractivity contribution is 0.108. The van der Waals surface area contributed by atoms with Crippen LogP contribution in [0.15, 0.2) is 24.3 Å². The third-order valence-corrected chi connectivity index (χ3v) is 4.22. The van der Waals surface area contributed by atoms with E-state index in [0.717, 1.165) is 6.42 Å². The average molecular weight is 309 g/mol. The van der Waals surface area contributed by atoms with Crippen LogP contribution in [0.3, 0.4) is 0 Å². The summed E-state index contributed by atoms with van der Waals surface area (Å²) in [7, 11) is 0. The fourth-order valence-corrected chi connectivity index (χ4v) is 2.74. The minimum Gasteiger partial charge on any atom is -0.276 e. The van der Waals surface area contributed by atoms with Crippen molar-refractivity contribution < 1.29 is 4.79 Å². The van der Waals surface area contributed by atoms with Crippen LogP contribution >= 0.6 is 11.6 Å². The number of halogens is 1. The van der Waals surface area contributed by atoms with Crippen LogP contribution in [0.4, 0.5) is 0 Å².